The third kappa shape index (κ3) is 4.71. The van der Waals surface area contributed by atoms with Crippen molar-refractivity contribution in [3.05, 3.63) is 86.0 Å². The SMILES string of the molecule is O=C1N/C(=N\N=C\c2ccccc2O)S/C1=C/c1ccc(-c2cc([N+](=O)[O-])ccc2Cl)o1. The predicted octanol–water partition coefficient (Wildman–Crippen LogP) is 4.81. The fraction of sp³-hybridized carbons (Fsp3) is 0. The van der Waals surface area contributed by atoms with E-state index in [4.69, 9.17) is 16.0 Å². The van der Waals surface area contributed by atoms with Crippen molar-refractivity contribution in [3.63, 3.8) is 0 Å². The summed E-state index contributed by atoms with van der Waals surface area (Å²) in [6.07, 6.45) is 2.89. The molecular formula is C21H13ClN4O5S. The Labute approximate surface area is 190 Å². The van der Waals surface area contributed by atoms with E-state index in [-0.39, 0.29) is 22.5 Å². The fourth-order valence-electron chi connectivity index (χ4n) is 2.74. The van der Waals surface area contributed by atoms with Gasteiger partial charge in [-0.3, -0.25) is 20.2 Å². The Morgan fingerprint density at radius 1 is 1.19 bits per heavy atom. The summed E-state index contributed by atoms with van der Waals surface area (Å²) in [5.41, 5.74) is 0.747. The molecule has 0 atom stereocenters. The van der Waals surface area contributed by atoms with E-state index in [9.17, 15) is 20.0 Å². The van der Waals surface area contributed by atoms with Crippen LogP contribution in [0.25, 0.3) is 17.4 Å². The smallest absolute Gasteiger partial charge is 0.270 e. The van der Waals surface area contributed by atoms with E-state index < -0.39 is 4.92 Å². The summed E-state index contributed by atoms with van der Waals surface area (Å²) in [5.74, 6) is 0.379. The Balaban J connectivity index is 1.51. The molecule has 0 spiro atoms. The van der Waals surface area contributed by atoms with Crippen LogP contribution in [0.3, 0.4) is 0 Å². The number of nitro groups is 1. The minimum Gasteiger partial charge on any atom is -0.507 e. The van der Waals surface area contributed by atoms with Crippen LogP contribution in [0.5, 0.6) is 5.75 Å². The molecule has 0 radical (unpaired) electrons. The lowest BCUT2D eigenvalue weighted by molar-refractivity contribution is -0.384. The van der Waals surface area contributed by atoms with Crippen molar-refractivity contribution in [2.45, 2.75) is 0 Å². The van der Waals surface area contributed by atoms with Crippen molar-refractivity contribution in [1.29, 1.82) is 0 Å². The molecule has 1 aromatic heterocycles. The number of carbonyl (C=O) groups excluding carboxylic acids is 1. The second kappa shape index (κ2) is 9.08. The molecule has 1 amide bonds. The Hall–Kier alpha value is -3.89. The van der Waals surface area contributed by atoms with E-state index in [1.807, 2.05) is 0 Å². The van der Waals surface area contributed by atoms with Crippen LogP contribution in [0.1, 0.15) is 11.3 Å². The monoisotopic (exact) mass is 468 g/mol. The van der Waals surface area contributed by atoms with Gasteiger partial charge in [-0.25, -0.2) is 0 Å². The molecule has 160 valence electrons. The lowest BCUT2D eigenvalue weighted by Gasteiger charge is -2.00. The molecule has 2 N–H and O–H groups in total. The first-order chi connectivity index (χ1) is 15.4. The van der Waals surface area contributed by atoms with Crippen molar-refractivity contribution in [3.8, 4) is 17.1 Å². The molecule has 0 bridgehead atoms. The number of furan rings is 1. The normalized spacial score (nSPS) is 16.2. The largest absolute Gasteiger partial charge is 0.507 e. The Morgan fingerprint density at radius 2 is 2.00 bits per heavy atom. The lowest BCUT2D eigenvalue weighted by Crippen LogP contribution is -2.19. The van der Waals surface area contributed by atoms with Gasteiger partial charge in [0, 0.05) is 29.3 Å². The van der Waals surface area contributed by atoms with Crippen molar-refractivity contribution in [2.75, 3.05) is 0 Å². The van der Waals surface area contributed by atoms with Gasteiger partial charge in [-0.15, -0.1) is 5.10 Å². The third-order valence-corrected chi connectivity index (χ3v) is 5.49. The molecule has 4 rings (SSSR count). The number of rotatable bonds is 5. The molecule has 3 aromatic rings. The summed E-state index contributed by atoms with van der Waals surface area (Å²) < 4.78 is 5.71. The third-order valence-electron chi connectivity index (χ3n) is 4.26. The van der Waals surface area contributed by atoms with Crippen molar-refractivity contribution in [1.82, 2.24) is 5.32 Å². The van der Waals surface area contributed by atoms with E-state index in [0.717, 1.165) is 11.8 Å². The van der Waals surface area contributed by atoms with Gasteiger partial charge in [0.15, 0.2) is 5.17 Å². The number of non-ortho nitro benzene ring substituents is 1. The number of phenols is 1. The first kappa shape index (κ1) is 21.3. The standard InChI is InChI=1S/C21H13ClN4O5S/c22-16-7-5-13(26(29)30)9-15(16)18-8-6-14(31-18)10-19-20(28)24-21(32-19)25-23-11-12-3-1-2-4-17(12)27/h1-11,27H,(H,24,25,28)/b19-10+,23-11+. The van der Waals surface area contributed by atoms with Crippen molar-refractivity contribution in [2.24, 2.45) is 10.2 Å². The number of nitrogens with one attached hydrogen (secondary N) is 1. The first-order valence-corrected chi connectivity index (χ1v) is 10.2. The minimum atomic E-state index is -0.520. The number of halogens is 1. The summed E-state index contributed by atoms with van der Waals surface area (Å²) >= 11 is 7.22. The molecule has 1 saturated heterocycles. The maximum absolute atomic E-state index is 12.2. The highest BCUT2D eigenvalue weighted by Crippen LogP contribution is 2.34. The number of amidine groups is 1. The maximum atomic E-state index is 12.2. The summed E-state index contributed by atoms with van der Waals surface area (Å²) in [4.78, 5) is 23.0. The molecule has 1 aliphatic heterocycles. The van der Waals surface area contributed by atoms with Crippen molar-refractivity contribution >= 4 is 52.4 Å². The first-order valence-electron chi connectivity index (χ1n) is 9.05. The van der Waals surface area contributed by atoms with Gasteiger partial charge < -0.3 is 9.52 Å². The number of carbonyl (C=O) groups is 1. The van der Waals surface area contributed by atoms with E-state index >= 15 is 0 Å². The number of thioether (sulfide) groups is 1. The van der Waals surface area contributed by atoms with Gasteiger partial charge in [-0.1, -0.05) is 23.7 Å². The molecule has 2 heterocycles. The number of benzene rings is 2. The highest BCUT2D eigenvalue weighted by atomic mass is 35.5. The van der Waals surface area contributed by atoms with Crippen LogP contribution in [-0.2, 0) is 4.79 Å². The Morgan fingerprint density at radius 3 is 2.78 bits per heavy atom. The quantitative estimate of drug-likeness (QED) is 0.239. The zero-order valence-electron chi connectivity index (χ0n) is 16.1. The number of aromatic hydroxyl groups is 1. The minimum absolute atomic E-state index is 0.0672. The Kier molecular flexibility index (Phi) is 6.06. The van der Waals surface area contributed by atoms with E-state index in [0.29, 0.717) is 32.6 Å². The molecule has 11 heteroatoms. The molecular weight excluding hydrogens is 456 g/mol. The molecule has 0 saturated carbocycles. The number of nitrogens with zero attached hydrogens (tertiary/aromatic N) is 3. The van der Waals surface area contributed by atoms with Crippen LogP contribution in [0.15, 0.2) is 74.1 Å². The van der Waals surface area contributed by atoms with Gasteiger partial charge in [0.25, 0.3) is 11.6 Å². The molecule has 1 fully saturated rings. The van der Waals surface area contributed by atoms with Crippen LogP contribution in [0.4, 0.5) is 5.69 Å². The zero-order chi connectivity index (χ0) is 22.7. The summed E-state index contributed by atoms with van der Waals surface area (Å²) in [7, 11) is 0. The zero-order valence-corrected chi connectivity index (χ0v) is 17.6. The molecule has 1 aliphatic rings. The topological polar surface area (TPSA) is 130 Å². The second-order valence-corrected chi connectivity index (χ2v) is 7.83. The van der Waals surface area contributed by atoms with Gasteiger partial charge in [-0.2, -0.15) is 5.10 Å². The fourth-order valence-corrected chi connectivity index (χ4v) is 3.70. The number of hydrogen-bond acceptors (Lipinski definition) is 8. The van der Waals surface area contributed by atoms with Gasteiger partial charge in [0.1, 0.15) is 17.3 Å². The highest BCUT2D eigenvalue weighted by molar-refractivity contribution is 8.18. The molecule has 32 heavy (non-hydrogen) atoms. The van der Waals surface area contributed by atoms with E-state index in [1.165, 1.54) is 36.6 Å². The number of hydrogen-bond donors (Lipinski definition) is 2. The van der Waals surface area contributed by atoms with Crippen LogP contribution in [0, 0.1) is 10.1 Å². The molecule has 9 nitrogen and oxygen atoms in total. The van der Waals surface area contributed by atoms with Crippen molar-refractivity contribution < 1.29 is 19.2 Å². The molecule has 2 aromatic carbocycles. The van der Waals surface area contributed by atoms with Gasteiger partial charge in [0.05, 0.1) is 21.1 Å². The maximum Gasteiger partial charge on any atom is 0.270 e. The average molecular weight is 469 g/mol. The van der Waals surface area contributed by atoms with E-state index in [2.05, 4.69) is 15.5 Å². The van der Waals surface area contributed by atoms with Gasteiger partial charge in [-0.05, 0) is 42.1 Å². The van der Waals surface area contributed by atoms with Gasteiger partial charge >= 0.3 is 0 Å². The van der Waals surface area contributed by atoms with Gasteiger partial charge in [0.2, 0.25) is 0 Å². The highest BCUT2D eigenvalue weighted by Gasteiger charge is 2.24. The van der Waals surface area contributed by atoms with E-state index in [1.54, 1.807) is 30.3 Å². The summed E-state index contributed by atoms with van der Waals surface area (Å²) in [5, 5.41) is 31.7. The summed E-state index contributed by atoms with van der Waals surface area (Å²) in [6, 6.07) is 13.9. The molecule has 0 aliphatic carbocycles. The van der Waals surface area contributed by atoms with Crippen LogP contribution < -0.4 is 5.32 Å². The Bertz CT molecular complexity index is 1320. The molecule has 0 unspecified atom stereocenters. The summed E-state index contributed by atoms with van der Waals surface area (Å²) in [6.45, 7) is 0. The number of para-hydroxylation sites is 1. The van der Waals surface area contributed by atoms with Crippen LogP contribution in [0.2, 0.25) is 5.02 Å². The average Bonchev–Trinajstić information content (AvgIpc) is 3.36. The van der Waals surface area contributed by atoms with Crippen LogP contribution in [-0.4, -0.2) is 27.3 Å². The lowest BCUT2D eigenvalue weighted by atomic mass is 10.1. The second-order valence-electron chi connectivity index (χ2n) is 6.40. The number of phenolic OH excluding ortho intramolecular Hbond substituents is 1. The van der Waals surface area contributed by atoms with Crippen LogP contribution >= 0.6 is 23.4 Å². The number of nitro benzene ring substituents is 1. The number of amides is 1. The predicted molar refractivity (Wildman–Crippen MR) is 123 cm³/mol.